The standard InChI is InChI=1S/C8H6O4.Ti/c9-7(10)5-2-1-3-6(4-5)8(11)12;/h1-4H,(H,9,10)(H,11,12);. The molecule has 13 heavy (non-hydrogen) atoms. The summed E-state index contributed by atoms with van der Waals surface area (Å²) < 4.78 is 0. The van der Waals surface area contributed by atoms with Crippen LogP contribution in [0.2, 0.25) is 0 Å². The fraction of sp³-hybridized carbons (Fsp3) is 0. The molecule has 0 heterocycles. The Balaban J connectivity index is 0.00000144. The third-order valence-electron chi connectivity index (χ3n) is 1.36. The van der Waals surface area contributed by atoms with Gasteiger partial charge in [-0.1, -0.05) is 6.07 Å². The zero-order valence-electron chi connectivity index (χ0n) is 6.52. The van der Waals surface area contributed by atoms with E-state index in [2.05, 4.69) is 0 Å². The van der Waals surface area contributed by atoms with E-state index in [0.29, 0.717) is 0 Å². The van der Waals surface area contributed by atoms with Crippen molar-refractivity contribution in [1.29, 1.82) is 0 Å². The van der Waals surface area contributed by atoms with E-state index in [4.69, 9.17) is 10.2 Å². The fourth-order valence-corrected chi connectivity index (χ4v) is 0.785. The Labute approximate surface area is 89.1 Å². The molecule has 1 aromatic rings. The number of carboxylic acid groups (broad SMARTS) is 2. The van der Waals surface area contributed by atoms with Crippen molar-refractivity contribution in [2.75, 3.05) is 0 Å². The van der Waals surface area contributed by atoms with Gasteiger partial charge in [0.1, 0.15) is 0 Å². The normalized spacial score (nSPS) is 8.62. The van der Waals surface area contributed by atoms with E-state index in [-0.39, 0.29) is 32.8 Å². The van der Waals surface area contributed by atoms with E-state index < -0.39 is 11.9 Å². The number of carbonyl (C=O) groups is 2. The van der Waals surface area contributed by atoms with Gasteiger partial charge in [0.05, 0.1) is 11.1 Å². The average Bonchev–Trinajstić information content (AvgIpc) is 2.04. The Morgan fingerprint density at radius 1 is 1.00 bits per heavy atom. The minimum atomic E-state index is -1.13. The molecule has 0 aliphatic heterocycles. The van der Waals surface area contributed by atoms with Crippen LogP contribution in [0.5, 0.6) is 0 Å². The Kier molecular flexibility index (Phi) is 4.38. The average molecular weight is 214 g/mol. The van der Waals surface area contributed by atoms with Crippen LogP contribution < -0.4 is 0 Å². The van der Waals surface area contributed by atoms with Crippen molar-refractivity contribution in [2.45, 2.75) is 0 Å². The van der Waals surface area contributed by atoms with Crippen LogP contribution >= 0.6 is 0 Å². The molecule has 0 saturated heterocycles. The fourth-order valence-electron chi connectivity index (χ4n) is 0.785. The Bertz CT molecular complexity index is 305. The molecule has 0 amide bonds. The maximum atomic E-state index is 10.4. The predicted molar refractivity (Wildman–Crippen MR) is 40.4 cm³/mol. The summed E-state index contributed by atoms with van der Waals surface area (Å²) in [5, 5.41) is 17.0. The van der Waals surface area contributed by atoms with E-state index in [0.717, 1.165) is 6.07 Å². The molecule has 0 spiro atoms. The van der Waals surface area contributed by atoms with Crippen molar-refractivity contribution in [3.63, 3.8) is 0 Å². The second-order valence-electron chi connectivity index (χ2n) is 2.19. The molecule has 0 unspecified atom stereocenters. The first kappa shape index (κ1) is 11.9. The zero-order chi connectivity index (χ0) is 9.14. The van der Waals surface area contributed by atoms with Crippen molar-refractivity contribution in [3.8, 4) is 0 Å². The summed E-state index contributed by atoms with van der Waals surface area (Å²) in [6.07, 6.45) is 0. The molecule has 1 rings (SSSR count). The number of hydrogen-bond acceptors (Lipinski definition) is 2. The van der Waals surface area contributed by atoms with Gasteiger partial charge < -0.3 is 10.2 Å². The summed E-state index contributed by atoms with van der Waals surface area (Å²) in [4.78, 5) is 20.8. The van der Waals surface area contributed by atoms with Crippen LogP contribution in [0.15, 0.2) is 24.3 Å². The van der Waals surface area contributed by atoms with Gasteiger partial charge in [-0.05, 0) is 18.2 Å². The van der Waals surface area contributed by atoms with Gasteiger partial charge in [-0.15, -0.1) is 0 Å². The quantitative estimate of drug-likeness (QED) is 0.722. The molecule has 0 radical (unpaired) electrons. The molecule has 1 aromatic carbocycles. The monoisotopic (exact) mass is 214 g/mol. The first-order valence-electron chi connectivity index (χ1n) is 3.18. The number of hydrogen-bond donors (Lipinski definition) is 2. The van der Waals surface area contributed by atoms with E-state index >= 15 is 0 Å². The van der Waals surface area contributed by atoms with E-state index in [1.165, 1.54) is 18.2 Å². The minimum Gasteiger partial charge on any atom is -0.478 e. The van der Waals surface area contributed by atoms with Crippen LogP contribution in [-0.2, 0) is 21.7 Å². The summed E-state index contributed by atoms with van der Waals surface area (Å²) in [7, 11) is 0. The van der Waals surface area contributed by atoms with Gasteiger partial charge in [0.25, 0.3) is 0 Å². The molecular formula is C8H6O4Ti. The van der Waals surface area contributed by atoms with Crippen LogP contribution in [0.4, 0.5) is 0 Å². The second kappa shape index (κ2) is 4.79. The summed E-state index contributed by atoms with van der Waals surface area (Å²) in [6, 6.07) is 5.20. The van der Waals surface area contributed by atoms with Gasteiger partial charge in [-0.25, -0.2) is 9.59 Å². The zero-order valence-corrected chi connectivity index (χ0v) is 8.08. The van der Waals surface area contributed by atoms with Crippen LogP contribution in [0, 0.1) is 0 Å². The number of rotatable bonds is 2. The van der Waals surface area contributed by atoms with Gasteiger partial charge in [0.2, 0.25) is 0 Å². The largest absolute Gasteiger partial charge is 0.478 e. The molecule has 66 valence electrons. The molecule has 0 saturated carbocycles. The second-order valence-corrected chi connectivity index (χ2v) is 2.19. The maximum Gasteiger partial charge on any atom is 0.335 e. The van der Waals surface area contributed by atoms with Crippen LogP contribution in [0.3, 0.4) is 0 Å². The van der Waals surface area contributed by atoms with Gasteiger partial charge in [0, 0.05) is 21.7 Å². The molecule has 2 N–H and O–H groups in total. The molecule has 0 aliphatic carbocycles. The molecule has 0 atom stereocenters. The van der Waals surface area contributed by atoms with Gasteiger partial charge >= 0.3 is 11.9 Å². The first-order valence-corrected chi connectivity index (χ1v) is 3.18. The first-order chi connectivity index (χ1) is 5.61. The van der Waals surface area contributed by atoms with E-state index in [1.807, 2.05) is 0 Å². The molecule has 0 fully saturated rings. The maximum absolute atomic E-state index is 10.4. The molecule has 0 aromatic heterocycles. The van der Waals surface area contributed by atoms with E-state index in [9.17, 15) is 9.59 Å². The van der Waals surface area contributed by atoms with Gasteiger partial charge in [-0.3, -0.25) is 0 Å². The number of benzene rings is 1. The number of aromatic carboxylic acids is 2. The molecule has 0 aliphatic rings. The smallest absolute Gasteiger partial charge is 0.335 e. The predicted octanol–water partition coefficient (Wildman–Crippen LogP) is 1.08. The summed E-state index contributed by atoms with van der Waals surface area (Å²) in [6.45, 7) is 0. The van der Waals surface area contributed by atoms with Gasteiger partial charge in [0.15, 0.2) is 0 Å². The van der Waals surface area contributed by atoms with Crippen LogP contribution in [0.25, 0.3) is 0 Å². The minimum absolute atomic E-state index is 0. The molecule has 0 bridgehead atoms. The van der Waals surface area contributed by atoms with Crippen molar-refractivity contribution >= 4 is 11.9 Å². The summed E-state index contributed by atoms with van der Waals surface area (Å²) in [5.74, 6) is -2.25. The topological polar surface area (TPSA) is 74.6 Å². The van der Waals surface area contributed by atoms with Crippen molar-refractivity contribution < 1.29 is 41.5 Å². The Morgan fingerprint density at radius 2 is 1.38 bits per heavy atom. The number of carboxylic acids is 2. The summed E-state index contributed by atoms with van der Waals surface area (Å²) in [5.41, 5.74) is -0.0372. The van der Waals surface area contributed by atoms with Crippen molar-refractivity contribution in [1.82, 2.24) is 0 Å². The SMILES string of the molecule is O=C(O)c1cccc(C(=O)O)c1.[Ti]. The molecular weight excluding hydrogens is 208 g/mol. The summed E-state index contributed by atoms with van der Waals surface area (Å²) >= 11 is 0. The van der Waals surface area contributed by atoms with Gasteiger partial charge in [-0.2, -0.15) is 0 Å². The van der Waals surface area contributed by atoms with Crippen molar-refractivity contribution in [2.24, 2.45) is 0 Å². The third kappa shape index (κ3) is 3.01. The molecule has 5 heteroatoms. The van der Waals surface area contributed by atoms with Crippen LogP contribution in [0.1, 0.15) is 20.7 Å². The van der Waals surface area contributed by atoms with Crippen LogP contribution in [-0.4, -0.2) is 22.2 Å². The molecule has 4 nitrogen and oxygen atoms in total. The third-order valence-corrected chi connectivity index (χ3v) is 1.36. The van der Waals surface area contributed by atoms with E-state index in [1.54, 1.807) is 0 Å². The Hall–Kier alpha value is -1.13. The van der Waals surface area contributed by atoms with Crippen molar-refractivity contribution in [3.05, 3.63) is 35.4 Å². The Morgan fingerprint density at radius 3 is 1.69 bits per heavy atom.